The topological polar surface area (TPSA) is 114 Å². The molecule has 2 atom stereocenters. The number of amides is 2. The van der Waals surface area contributed by atoms with Gasteiger partial charge in [0.05, 0.1) is 23.5 Å². The van der Waals surface area contributed by atoms with Crippen LogP contribution in [-0.2, 0) is 32.5 Å². The average Bonchev–Trinajstić information content (AvgIpc) is 3.30. The summed E-state index contributed by atoms with van der Waals surface area (Å²) in [6.45, 7) is 2.41. The van der Waals surface area contributed by atoms with E-state index in [4.69, 9.17) is 5.26 Å². The van der Waals surface area contributed by atoms with Crippen LogP contribution in [0.3, 0.4) is 0 Å². The number of carbonyl (C=O) groups is 2. The predicted octanol–water partition coefficient (Wildman–Crippen LogP) is 2.03. The van der Waals surface area contributed by atoms with E-state index in [1.165, 1.54) is 13.5 Å². The fourth-order valence-corrected chi connectivity index (χ4v) is 6.99. The van der Waals surface area contributed by atoms with Crippen molar-refractivity contribution in [3.05, 3.63) is 34.9 Å². The Morgan fingerprint density at radius 2 is 1.78 bits per heavy atom. The van der Waals surface area contributed by atoms with Crippen molar-refractivity contribution in [1.29, 1.82) is 5.26 Å². The lowest BCUT2D eigenvalue weighted by molar-refractivity contribution is -0.142. The molecule has 0 bridgehead atoms. The summed E-state index contributed by atoms with van der Waals surface area (Å²) in [5.74, 6) is -1.63. The third-order valence-electron chi connectivity index (χ3n) is 7.19. The van der Waals surface area contributed by atoms with E-state index in [0.717, 1.165) is 12.1 Å². The normalized spacial score (nSPS) is 23.9. The van der Waals surface area contributed by atoms with Crippen molar-refractivity contribution in [2.75, 3.05) is 32.7 Å². The number of benzene rings is 1. The minimum absolute atomic E-state index is 0.0171. The van der Waals surface area contributed by atoms with Crippen LogP contribution >= 0.6 is 0 Å². The van der Waals surface area contributed by atoms with Crippen molar-refractivity contribution < 1.29 is 31.2 Å². The molecule has 1 aromatic carbocycles. The SMILES string of the molecule is Cc1cc(CNC(=O)[C@H]2CCCN2C(=O)[C@H]2CCCN(S(=O)(=O)N3CC(C#N)C3)C2)cc(C(F)(F)F)c1. The molecule has 9 nitrogen and oxygen atoms in total. The van der Waals surface area contributed by atoms with Gasteiger partial charge in [0.15, 0.2) is 0 Å². The molecule has 0 spiro atoms. The molecule has 3 fully saturated rings. The molecule has 37 heavy (non-hydrogen) atoms. The minimum Gasteiger partial charge on any atom is -0.350 e. The Hall–Kier alpha value is -2.69. The Morgan fingerprint density at radius 1 is 1.08 bits per heavy atom. The first-order chi connectivity index (χ1) is 17.4. The van der Waals surface area contributed by atoms with Crippen molar-refractivity contribution >= 4 is 22.0 Å². The summed E-state index contributed by atoms with van der Waals surface area (Å²) < 4.78 is 67.7. The lowest BCUT2D eigenvalue weighted by Gasteiger charge is -2.41. The Kier molecular flexibility index (Phi) is 7.83. The molecule has 202 valence electrons. The summed E-state index contributed by atoms with van der Waals surface area (Å²) >= 11 is 0. The number of nitrogens with zero attached hydrogens (tertiary/aromatic N) is 4. The largest absolute Gasteiger partial charge is 0.416 e. The molecule has 1 N–H and O–H groups in total. The van der Waals surface area contributed by atoms with Gasteiger partial charge in [0, 0.05) is 39.3 Å². The third-order valence-corrected chi connectivity index (χ3v) is 9.12. The molecule has 3 saturated heterocycles. The summed E-state index contributed by atoms with van der Waals surface area (Å²) in [5, 5.41) is 11.6. The third kappa shape index (κ3) is 5.91. The zero-order valence-corrected chi connectivity index (χ0v) is 21.3. The van der Waals surface area contributed by atoms with E-state index in [1.54, 1.807) is 13.0 Å². The first-order valence-corrected chi connectivity index (χ1v) is 13.7. The smallest absolute Gasteiger partial charge is 0.350 e. The van der Waals surface area contributed by atoms with Crippen LogP contribution in [0.15, 0.2) is 18.2 Å². The highest BCUT2D eigenvalue weighted by atomic mass is 32.2. The summed E-state index contributed by atoms with van der Waals surface area (Å²) in [7, 11) is -3.76. The highest BCUT2D eigenvalue weighted by molar-refractivity contribution is 7.86. The van der Waals surface area contributed by atoms with Gasteiger partial charge in [0.25, 0.3) is 10.2 Å². The van der Waals surface area contributed by atoms with Gasteiger partial charge in [-0.05, 0) is 50.3 Å². The first-order valence-electron chi connectivity index (χ1n) is 12.3. The van der Waals surface area contributed by atoms with Gasteiger partial charge in [-0.25, -0.2) is 0 Å². The van der Waals surface area contributed by atoms with Crippen LogP contribution in [0.4, 0.5) is 13.2 Å². The van der Waals surface area contributed by atoms with E-state index in [-0.39, 0.29) is 38.0 Å². The molecule has 2 amide bonds. The predicted molar refractivity (Wildman–Crippen MR) is 127 cm³/mol. The molecule has 13 heteroatoms. The van der Waals surface area contributed by atoms with Gasteiger partial charge >= 0.3 is 6.18 Å². The van der Waals surface area contributed by atoms with Gasteiger partial charge in [0.1, 0.15) is 6.04 Å². The number of piperidine rings is 1. The zero-order valence-electron chi connectivity index (χ0n) is 20.5. The van der Waals surface area contributed by atoms with Gasteiger partial charge in [-0.1, -0.05) is 11.6 Å². The Bertz CT molecular complexity index is 1190. The Balaban J connectivity index is 1.37. The number of carbonyl (C=O) groups excluding carboxylic acids is 2. The standard InChI is InChI=1S/C24H30F3N5O4S/c1-16-8-17(10-20(9-16)24(25,26)27)12-29-22(33)21-5-3-7-32(21)23(34)19-4-2-6-30(15-19)37(35,36)31-13-18(11-28)14-31/h8-10,18-19,21H,2-7,12-15H2,1H3,(H,29,33)/t19-,21+/m0/s1. The second-order valence-corrected chi connectivity index (χ2v) is 11.9. The molecule has 3 aliphatic heterocycles. The maximum atomic E-state index is 13.4. The van der Waals surface area contributed by atoms with Gasteiger partial charge in [-0.3, -0.25) is 9.59 Å². The molecule has 0 saturated carbocycles. The number of aryl methyl sites for hydroxylation is 1. The fourth-order valence-electron chi connectivity index (χ4n) is 5.20. The molecular formula is C24H30F3N5O4S. The number of nitriles is 1. The maximum absolute atomic E-state index is 13.4. The molecule has 3 heterocycles. The van der Waals surface area contributed by atoms with E-state index in [1.807, 2.05) is 6.07 Å². The minimum atomic E-state index is -4.49. The van der Waals surface area contributed by atoms with Gasteiger partial charge < -0.3 is 10.2 Å². The number of hydrogen-bond acceptors (Lipinski definition) is 5. The van der Waals surface area contributed by atoms with E-state index in [2.05, 4.69) is 5.32 Å². The number of rotatable bonds is 6. The molecular weight excluding hydrogens is 511 g/mol. The molecule has 0 radical (unpaired) electrons. The van der Waals surface area contributed by atoms with Crippen LogP contribution in [0.5, 0.6) is 0 Å². The lowest BCUT2D eigenvalue weighted by Crippen LogP contribution is -2.57. The number of halogens is 3. The molecule has 4 rings (SSSR count). The number of likely N-dealkylation sites (tertiary alicyclic amines) is 1. The van der Waals surface area contributed by atoms with Crippen LogP contribution < -0.4 is 5.32 Å². The van der Waals surface area contributed by atoms with Gasteiger partial charge in [-0.2, -0.15) is 35.5 Å². The summed E-state index contributed by atoms with van der Waals surface area (Å²) in [4.78, 5) is 27.8. The quantitative estimate of drug-likeness (QED) is 0.592. The fraction of sp³-hybridized carbons (Fsp3) is 0.625. The van der Waals surface area contributed by atoms with Crippen LogP contribution in [0.1, 0.15) is 42.4 Å². The highest BCUT2D eigenvalue weighted by Gasteiger charge is 2.44. The number of hydrogen-bond donors (Lipinski definition) is 1. The van der Waals surface area contributed by atoms with Crippen molar-refractivity contribution in [2.24, 2.45) is 11.8 Å². The summed E-state index contributed by atoms with van der Waals surface area (Å²) in [5.41, 5.74) is -0.0446. The average molecular weight is 542 g/mol. The highest BCUT2D eigenvalue weighted by Crippen LogP contribution is 2.31. The Morgan fingerprint density at radius 3 is 2.46 bits per heavy atom. The van der Waals surface area contributed by atoms with Crippen molar-refractivity contribution in [3.63, 3.8) is 0 Å². The first kappa shape index (κ1) is 27.3. The van der Waals surface area contributed by atoms with Crippen LogP contribution in [0.2, 0.25) is 0 Å². The zero-order chi connectivity index (χ0) is 27.0. The monoisotopic (exact) mass is 541 g/mol. The van der Waals surface area contributed by atoms with Crippen LogP contribution in [-0.4, -0.2) is 72.5 Å². The Labute approximate surface area is 214 Å². The molecule has 3 aliphatic rings. The second-order valence-electron chi connectivity index (χ2n) is 9.96. The second kappa shape index (κ2) is 10.6. The summed E-state index contributed by atoms with van der Waals surface area (Å²) in [6.07, 6.45) is -2.46. The van der Waals surface area contributed by atoms with Crippen LogP contribution in [0, 0.1) is 30.1 Å². The number of alkyl halides is 3. The summed E-state index contributed by atoms with van der Waals surface area (Å²) in [6, 6.07) is 4.90. The molecule has 0 aliphatic carbocycles. The van der Waals surface area contributed by atoms with Gasteiger partial charge in [0.2, 0.25) is 11.8 Å². The maximum Gasteiger partial charge on any atom is 0.416 e. The van der Waals surface area contributed by atoms with Crippen molar-refractivity contribution in [3.8, 4) is 6.07 Å². The van der Waals surface area contributed by atoms with E-state index < -0.39 is 39.8 Å². The molecule has 0 unspecified atom stereocenters. The van der Waals surface area contributed by atoms with E-state index >= 15 is 0 Å². The molecule has 0 aromatic heterocycles. The van der Waals surface area contributed by atoms with Crippen molar-refractivity contribution in [1.82, 2.24) is 18.8 Å². The molecule has 1 aromatic rings. The van der Waals surface area contributed by atoms with Gasteiger partial charge in [-0.15, -0.1) is 0 Å². The van der Waals surface area contributed by atoms with E-state index in [0.29, 0.717) is 49.9 Å². The number of nitrogens with one attached hydrogen (secondary N) is 1. The van der Waals surface area contributed by atoms with E-state index in [9.17, 15) is 31.2 Å². The lowest BCUT2D eigenvalue weighted by atomic mass is 9.97. The van der Waals surface area contributed by atoms with Crippen LogP contribution in [0.25, 0.3) is 0 Å². The van der Waals surface area contributed by atoms with Crippen molar-refractivity contribution in [2.45, 2.75) is 51.4 Å².